The fraction of sp³-hybridized carbons (Fsp3) is 0.750. The third-order valence-corrected chi connectivity index (χ3v) is 7.13. The maximum absolute atomic E-state index is 12.9. The van der Waals surface area contributed by atoms with E-state index in [4.69, 9.17) is 5.11 Å². The van der Waals surface area contributed by atoms with Gasteiger partial charge in [-0.25, -0.2) is 8.42 Å². The first-order valence-electron chi connectivity index (χ1n) is 8.66. The number of carboxylic acid groups (broad SMARTS) is 1. The smallest absolute Gasteiger partial charge is 0.325 e. The summed E-state index contributed by atoms with van der Waals surface area (Å²) in [5.41, 5.74) is 0.124. The number of nitrogens with zero attached hydrogens (tertiary/aromatic N) is 3. The van der Waals surface area contributed by atoms with Crippen LogP contribution < -0.4 is 0 Å². The largest absolute Gasteiger partial charge is 0.480 e. The first-order chi connectivity index (χ1) is 11.4. The number of rotatable bonds is 4. The second kappa shape index (κ2) is 6.84. The van der Waals surface area contributed by atoms with Gasteiger partial charge in [0.05, 0.1) is 6.20 Å². The molecule has 2 fully saturated rings. The Balaban J connectivity index is 1.78. The van der Waals surface area contributed by atoms with Gasteiger partial charge in [-0.15, -0.1) is 0 Å². The molecule has 1 spiro atoms. The van der Waals surface area contributed by atoms with Gasteiger partial charge in [-0.3, -0.25) is 9.48 Å². The lowest BCUT2D eigenvalue weighted by molar-refractivity contribution is -0.137. The van der Waals surface area contributed by atoms with Gasteiger partial charge in [0.2, 0.25) is 10.0 Å². The molecule has 1 N–H and O–H groups in total. The lowest BCUT2D eigenvalue weighted by Crippen LogP contribution is -2.45. The fourth-order valence-electron chi connectivity index (χ4n) is 4.11. The third kappa shape index (κ3) is 3.64. The van der Waals surface area contributed by atoms with E-state index < -0.39 is 16.0 Å². The van der Waals surface area contributed by atoms with Crippen molar-refractivity contribution in [1.29, 1.82) is 0 Å². The highest BCUT2D eigenvalue weighted by Crippen LogP contribution is 2.43. The van der Waals surface area contributed by atoms with Crippen molar-refractivity contribution >= 4 is 16.0 Å². The van der Waals surface area contributed by atoms with Gasteiger partial charge < -0.3 is 5.11 Å². The molecule has 0 bridgehead atoms. The molecular weight excluding hydrogens is 330 g/mol. The van der Waals surface area contributed by atoms with Crippen molar-refractivity contribution in [3.63, 3.8) is 0 Å². The summed E-state index contributed by atoms with van der Waals surface area (Å²) in [7, 11) is -3.61. The average Bonchev–Trinajstić information content (AvgIpc) is 2.89. The molecule has 3 rings (SSSR count). The molecule has 7 nitrogen and oxygen atoms in total. The van der Waals surface area contributed by atoms with Gasteiger partial charge in [0.1, 0.15) is 11.4 Å². The highest BCUT2D eigenvalue weighted by Gasteiger charge is 2.40. The zero-order valence-corrected chi connectivity index (χ0v) is 14.7. The molecule has 24 heavy (non-hydrogen) atoms. The number of carboxylic acids is 1. The molecule has 2 aliphatic rings. The summed E-state index contributed by atoms with van der Waals surface area (Å²) in [5.74, 6) is -1.04. The predicted molar refractivity (Wildman–Crippen MR) is 88.0 cm³/mol. The van der Waals surface area contributed by atoms with Crippen LogP contribution in [0.3, 0.4) is 0 Å². The van der Waals surface area contributed by atoms with Crippen LogP contribution in [0.1, 0.15) is 51.4 Å². The van der Waals surface area contributed by atoms with Crippen molar-refractivity contribution in [3.8, 4) is 0 Å². The van der Waals surface area contributed by atoms with Gasteiger partial charge in [-0.05, 0) is 31.1 Å². The monoisotopic (exact) mass is 355 g/mol. The zero-order chi connectivity index (χ0) is 17.2. The molecule has 0 radical (unpaired) electrons. The van der Waals surface area contributed by atoms with Gasteiger partial charge >= 0.3 is 5.97 Å². The minimum Gasteiger partial charge on any atom is -0.480 e. The first kappa shape index (κ1) is 17.4. The molecule has 1 saturated heterocycles. The van der Waals surface area contributed by atoms with E-state index in [2.05, 4.69) is 5.10 Å². The van der Waals surface area contributed by atoms with Gasteiger partial charge in [-0.2, -0.15) is 9.40 Å². The van der Waals surface area contributed by atoms with Crippen LogP contribution in [0.4, 0.5) is 0 Å². The van der Waals surface area contributed by atoms with E-state index in [0.29, 0.717) is 13.1 Å². The summed E-state index contributed by atoms with van der Waals surface area (Å²) >= 11 is 0. The number of piperidine rings is 1. The predicted octanol–water partition coefficient (Wildman–Crippen LogP) is 2.09. The van der Waals surface area contributed by atoms with Crippen LogP contribution >= 0.6 is 0 Å². The zero-order valence-electron chi connectivity index (χ0n) is 13.9. The Morgan fingerprint density at radius 2 is 1.83 bits per heavy atom. The molecule has 1 aromatic heterocycles. The lowest BCUT2D eigenvalue weighted by atomic mass is 9.75. The van der Waals surface area contributed by atoms with E-state index in [1.54, 1.807) is 4.31 Å². The van der Waals surface area contributed by atoms with Crippen molar-refractivity contribution < 1.29 is 18.3 Å². The Hall–Kier alpha value is -1.41. The van der Waals surface area contributed by atoms with Crippen LogP contribution in [-0.4, -0.2) is 46.7 Å². The molecule has 8 heteroatoms. The molecule has 1 aliphatic carbocycles. The van der Waals surface area contributed by atoms with Gasteiger partial charge in [-0.1, -0.05) is 25.7 Å². The molecule has 2 heterocycles. The standard InChI is InChI=1S/C16H25N3O4S/c20-15(21)12-18-11-14(10-17-18)24(22,23)19-9-5-8-16(13-19)6-3-1-2-4-7-16/h10-11H,1-9,12-13H2,(H,20,21). The molecular formula is C16H25N3O4S. The number of sulfonamides is 1. The molecule has 0 amide bonds. The molecule has 1 aliphatic heterocycles. The van der Waals surface area contributed by atoms with Gasteiger partial charge in [0.25, 0.3) is 0 Å². The number of aromatic nitrogens is 2. The average molecular weight is 355 g/mol. The summed E-state index contributed by atoms with van der Waals surface area (Å²) < 4.78 is 28.6. The van der Waals surface area contributed by atoms with Gasteiger partial charge in [0.15, 0.2) is 0 Å². The third-order valence-electron chi connectivity index (χ3n) is 5.34. The fourth-order valence-corrected chi connectivity index (χ4v) is 5.65. The van der Waals surface area contributed by atoms with Crippen LogP contribution in [0, 0.1) is 5.41 Å². The van der Waals surface area contributed by atoms with Crippen molar-refractivity contribution in [1.82, 2.24) is 14.1 Å². The maximum atomic E-state index is 12.9. The van der Waals surface area contributed by atoms with Crippen molar-refractivity contribution in [3.05, 3.63) is 12.4 Å². The minimum atomic E-state index is -3.61. The Bertz CT molecular complexity index is 690. The quantitative estimate of drug-likeness (QED) is 0.893. The topological polar surface area (TPSA) is 92.5 Å². The summed E-state index contributed by atoms with van der Waals surface area (Å²) in [5, 5.41) is 12.7. The molecule has 0 unspecified atom stereocenters. The van der Waals surface area contributed by atoms with Gasteiger partial charge in [0, 0.05) is 19.3 Å². The van der Waals surface area contributed by atoms with Crippen molar-refractivity contribution in [2.45, 2.75) is 62.8 Å². The second-order valence-corrected chi connectivity index (χ2v) is 9.06. The Kier molecular flexibility index (Phi) is 4.96. The van der Waals surface area contributed by atoms with E-state index in [1.807, 2.05) is 0 Å². The van der Waals surface area contributed by atoms with Crippen molar-refractivity contribution in [2.75, 3.05) is 13.1 Å². The van der Waals surface area contributed by atoms with Crippen LogP contribution in [-0.2, 0) is 21.4 Å². The molecule has 134 valence electrons. The van der Waals surface area contributed by atoms with E-state index >= 15 is 0 Å². The van der Waals surface area contributed by atoms with Crippen molar-refractivity contribution in [2.24, 2.45) is 5.41 Å². The van der Waals surface area contributed by atoms with E-state index in [9.17, 15) is 13.2 Å². The summed E-state index contributed by atoms with van der Waals surface area (Å²) in [4.78, 5) is 10.8. The lowest BCUT2D eigenvalue weighted by Gasteiger charge is -2.41. The Morgan fingerprint density at radius 3 is 2.50 bits per heavy atom. The number of hydrogen-bond acceptors (Lipinski definition) is 4. The molecule has 0 aromatic carbocycles. The normalized spacial score (nSPS) is 22.3. The second-order valence-electron chi connectivity index (χ2n) is 7.12. The Morgan fingerprint density at radius 1 is 1.17 bits per heavy atom. The summed E-state index contributed by atoms with van der Waals surface area (Å²) in [6.07, 6.45) is 11.7. The van der Waals surface area contributed by atoms with E-state index in [1.165, 1.54) is 38.1 Å². The van der Waals surface area contributed by atoms with Crippen LogP contribution in [0.15, 0.2) is 17.3 Å². The van der Waals surface area contributed by atoms with Crippen LogP contribution in [0.2, 0.25) is 0 Å². The first-order valence-corrected chi connectivity index (χ1v) is 10.1. The molecule has 1 aromatic rings. The molecule has 1 saturated carbocycles. The highest BCUT2D eigenvalue weighted by molar-refractivity contribution is 7.89. The summed E-state index contributed by atoms with van der Waals surface area (Å²) in [6, 6.07) is 0. The van der Waals surface area contributed by atoms with E-state index in [0.717, 1.165) is 30.4 Å². The van der Waals surface area contributed by atoms with Crippen LogP contribution in [0.25, 0.3) is 0 Å². The number of aliphatic carboxylic acids is 1. The maximum Gasteiger partial charge on any atom is 0.325 e. The Labute approximate surface area is 142 Å². The SMILES string of the molecule is O=C(O)Cn1cc(S(=O)(=O)N2CCCC3(CCCCCC3)C2)cn1. The number of hydrogen-bond donors (Lipinski definition) is 1. The highest BCUT2D eigenvalue weighted by atomic mass is 32.2. The summed E-state index contributed by atoms with van der Waals surface area (Å²) in [6.45, 7) is 0.785. The minimum absolute atomic E-state index is 0.0921. The van der Waals surface area contributed by atoms with E-state index in [-0.39, 0.29) is 16.9 Å². The molecule has 0 atom stereocenters. The van der Waals surface area contributed by atoms with Crippen LogP contribution in [0.5, 0.6) is 0 Å². The number of carbonyl (C=O) groups is 1.